The van der Waals surface area contributed by atoms with Crippen molar-refractivity contribution in [2.45, 2.75) is 54.6 Å². The average molecular weight is 547 g/mol. The van der Waals surface area contributed by atoms with E-state index in [0.29, 0.717) is 42.9 Å². The largest absolute Gasteiger partial charge is 0.465 e. The van der Waals surface area contributed by atoms with Crippen LogP contribution in [0.5, 0.6) is 0 Å². The van der Waals surface area contributed by atoms with Crippen molar-refractivity contribution in [2.24, 2.45) is 11.8 Å². The van der Waals surface area contributed by atoms with Crippen molar-refractivity contribution in [1.29, 1.82) is 0 Å². The Balaban J connectivity index is 1.74. The van der Waals surface area contributed by atoms with Crippen molar-refractivity contribution in [3.8, 4) is 0 Å². The predicted octanol–water partition coefficient (Wildman–Crippen LogP) is 4.23. The van der Waals surface area contributed by atoms with E-state index in [4.69, 9.17) is 16.3 Å². The Kier molecular flexibility index (Phi) is 8.41. The van der Waals surface area contributed by atoms with E-state index in [-0.39, 0.29) is 37.5 Å². The summed E-state index contributed by atoms with van der Waals surface area (Å²) in [6, 6.07) is 6.29. The first-order valence-electron chi connectivity index (χ1n) is 12.8. The Morgan fingerprint density at radius 1 is 1.24 bits per heavy atom. The summed E-state index contributed by atoms with van der Waals surface area (Å²) in [4.78, 5) is 45.1. The van der Waals surface area contributed by atoms with Crippen LogP contribution in [0.15, 0.2) is 49.6 Å². The highest BCUT2D eigenvalue weighted by Crippen LogP contribution is 2.71. The van der Waals surface area contributed by atoms with Crippen molar-refractivity contribution in [3.05, 3.63) is 54.6 Å². The number of aliphatic hydroxyl groups excluding tert-OH is 1. The standard InChI is InChI=1S/C28H35ClN2O5S/c1-4-6-18-36-26(35)22-21-24(33)31(16-7-8-17-32)23(28(21)14-13-27(22,3)37-28)25(34)30(15-5-2)20-11-9-19(29)10-12-20/h4-5,9-12,21-23,32H,1-2,6-8,13-18H2,3H3/t21-,22+,23?,27-,28?/m0/s1. The van der Waals surface area contributed by atoms with E-state index in [1.54, 1.807) is 58.0 Å². The number of thioether (sulfide) groups is 1. The molecule has 0 aromatic heterocycles. The number of hydrogen-bond donors (Lipinski definition) is 1. The number of halogens is 1. The highest BCUT2D eigenvalue weighted by molar-refractivity contribution is 8.02. The lowest BCUT2D eigenvalue weighted by atomic mass is 9.66. The molecule has 3 aliphatic rings. The van der Waals surface area contributed by atoms with E-state index >= 15 is 0 Å². The van der Waals surface area contributed by atoms with Gasteiger partial charge in [-0.1, -0.05) is 23.8 Å². The molecule has 1 aromatic rings. The first kappa shape index (κ1) is 27.7. The number of amides is 2. The third kappa shape index (κ3) is 4.84. The average Bonchev–Trinajstić information content (AvgIpc) is 3.44. The normalized spacial score (nSPS) is 29.8. The number of aliphatic hydroxyl groups is 1. The van der Waals surface area contributed by atoms with Crippen LogP contribution in [0.1, 0.15) is 39.0 Å². The van der Waals surface area contributed by atoms with Gasteiger partial charge in [0.25, 0.3) is 5.91 Å². The van der Waals surface area contributed by atoms with Crippen LogP contribution in [0.4, 0.5) is 5.69 Å². The van der Waals surface area contributed by atoms with Crippen molar-refractivity contribution in [3.63, 3.8) is 0 Å². The molecule has 2 unspecified atom stereocenters. The van der Waals surface area contributed by atoms with E-state index in [2.05, 4.69) is 13.2 Å². The van der Waals surface area contributed by atoms with E-state index in [1.807, 2.05) is 6.92 Å². The van der Waals surface area contributed by atoms with Crippen LogP contribution in [-0.2, 0) is 19.1 Å². The van der Waals surface area contributed by atoms with Gasteiger partial charge in [0.1, 0.15) is 6.04 Å². The Morgan fingerprint density at radius 2 is 1.97 bits per heavy atom. The Morgan fingerprint density at radius 3 is 2.62 bits per heavy atom. The topological polar surface area (TPSA) is 87.1 Å². The van der Waals surface area contributed by atoms with Crippen LogP contribution in [-0.4, -0.2) is 69.6 Å². The predicted molar refractivity (Wildman–Crippen MR) is 147 cm³/mol. The second kappa shape index (κ2) is 11.2. The highest BCUT2D eigenvalue weighted by atomic mass is 35.5. The zero-order chi connectivity index (χ0) is 26.8. The lowest BCUT2D eigenvalue weighted by molar-refractivity contribution is -0.155. The number of nitrogens with zero attached hydrogens (tertiary/aromatic N) is 2. The molecule has 3 heterocycles. The van der Waals surface area contributed by atoms with E-state index < -0.39 is 27.4 Å². The Bertz CT molecular complexity index is 1070. The zero-order valence-corrected chi connectivity index (χ0v) is 22.8. The van der Waals surface area contributed by atoms with Crippen molar-refractivity contribution in [2.75, 3.05) is 31.2 Å². The number of carbonyl (C=O) groups is 3. The maximum Gasteiger partial charge on any atom is 0.311 e. The molecule has 0 aliphatic carbocycles. The second-order valence-electron chi connectivity index (χ2n) is 10.1. The lowest BCUT2D eigenvalue weighted by Crippen LogP contribution is -2.55. The minimum Gasteiger partial charge on any atom is -0.465 e. The summed E-state index contributed by atoms with van der Waals surface area (Å²) in [6.45, 7) is 10.4. The molecule has 3 fully saturated rings. The fourth-order valence-corrected chi connectivity index (χ4v) is 8.72. The molecule has 0 radical (unpaired) electrons. The maximum atomic E-state index is 14.4. The van der Waals surface area contributed by atoms with Crippen LogP contribution in [0.3, 0.4) is 0 Å². The molecule has 1 aromatic carbocycles. The van der Waals surface area contributed by atoms with Crippen LogP contribution in [0.25, 0.3) is 0 Å². The van der Waals surface area contributed by atoms with Gasteiger partial charge in [0.05, 0.1) is 23.2 Å². The summed E-state index contributed by atoms with van der Waals surface area (Å²) >= 11 is 7.71. The van der Waals surface area contributed by atoms with Crippen LogP contribution >= 0.6 is 23.4 Å². The number of anilines is 1. The van der Waals surface area contributed by atoms with Crippen LogP contribution in [0, 0.1) is 11.8 Å². The van der Waals surface area contributed by atoms with Crippen molar-refractivity contribution in [1.82, 2.24) is 4.90 Å². The smallest absolute Gasteiger partial charge is 0.311 e. The number of ether oxygens (including phenoxy) is 1. The van der Waals surface area contributed by atoms with Crippen molar-refractivity contribution >= 4 is 46.8 Å². The first-order valence-corrected chi connectivity index (χ1v) is 14.0. The molecule has 2 bridgehead atoms. The van der Waals surface area contributed by atoms with Crippen molar-refractivity contribution < 1.29 is 24.2 Å². The third-order valence-electron chi connectivity index (χ3n) is 7.85. The van der Waals surface area contributed by atoms with E-state index in [0.717, 1.165) is 6.42 Å². The highest BCUT2D eigenvalue weighted by Gasteiger charge is 2.77. The van der Waals surface area contributed by atoms with Gasteiger partial charge in [0, 0.05) is 35.2 Å². The molecular formula is C28H35ClN2O5S. The number of likely N-dealkylation sites (tertiary alicyclic amines) is 1. The number of benzene rings is 1. The molecule has 1 spiro atoms. The molecule has 1 N–H and O–H groups in total. The molecule has 3 saturated heterocycles. The van der Waals surface area contributed by atoms with Gasteiger partial charge < -0.3 is 19.6 Å². The number of esters is 1. The molecule has 200 valence electrons. The molecule has 0 saturated carbocycles. The van der Waals surface area contributed by atoms with E-state index in [1.165, 1.54) is 0 Å². The Hall–Kier alpha value is -2.29. The summed E-state index contributed by atoms with van der Waals surface area (Å²) in [7, 11) is 0. The summed E-state index contributed by atoms with van der Waals surface area (Å²) in [5, 5.41) is 9.91. The minimum atomic E-state index is -0.739. The van der Waals surface area contributed by atoms with Gasteiger partial charge in [-0.05, 0) is 63.3 Å². The molecule has 9 heteroatoms. The molecule has 4 rings (SSSR count). The number of fused-ring (bicyclic) bond motifs is 1. The van der Waals surface area contributed by atoms with Gasteiger partial charge in [0.2, 0.25) is 5.91 Å². The van der Waals surface area contributed by atoms with Gasteiger partial charge in [-0.25, -0.2) is 0 Å². The van der Waals surface area contributed by atoms with E-state index in [9.17, 15) is 19.5 Å². The third-order valence-corrected chi connectivity index (χ3v) is 10.1. The lowest BCUT2D eigenvalue weighted by Gasteiger charge is -2.37. The number of unbranched alkanes of at least 4 members (excludes halogenated alkanes) is 1. The van der Waals surface area contributed by atoms with Crippen LogP contribution < -0.4 is 4.90 Å². The van der Waals surface area contributed by atoms with Gasteiger partial charge in [0.15, 0.2) is 0 Å². The molecule has 5 atom stereocenters. The molecule has 2 amide bonds. The number of rotatable bonds is 12. The minimum absolute atomic E-state index is 0.00759. The molecular weight excluding hydrogens is 512 g/mol. The summed E-state index contributed by atoms with van der Waals surface area (Å²) < 4.78 is 4.38. The zero-order valence-electron chi connectivity index (χ0n) is 21.2. The van der Waals surface area contributed by atoms with Gasteiger partial charge in [-0.2, -0.15) is 0 Å². The SMILES string of the molecule is C=CCCOC(=O)[C@H]1[C@H]2C(=O)N(CCCCO)C(C(=O)N(CC=C)c3ccc(Cl)cc3)C23CC[C@]1(C)S3. The van der Waals surface area contributed by atoms with Gasteiger partial charge in [-0.15, -0.1) is 24.9 Å². The van der Waals surface area contributed by atoms with Crippen LogP contribution in [0.2, 0.25) is 5.02 Å². The summed E-state index contributed by atoms with van der Waals surface area (Å²) in [5.41, 5.74) is 0.668. The fraction of sp³-hybridized carbons (Fsp3) is 0.536. The quantitative estimate of drug-likeness (QED) is 0.240. The number of hydrogen-bond acceptors (Lipinski definition) is 6. The second-order valence-corrected chi connectivity index (χ2v) is 12.5. The molecule has 3 aliphatic heterocycles. The number of carbonyl (C=O) groups excluding carboxylic acids is 3. The Labute approximate surface area is 227 Å². The monoisotopic (exact) mass is 546 g/mol. The summed E-state index contributed by atoms with van der Waals surface area (Å²) in [5.74, 6) is -2.00. The fourth-order valence-electron chi connectivity index (χ4n) is 6.25. The molecule has 7 nitrogen and oxygen atoms in total. The molecule has 37 heavy (non-hydrogen) atoms. The first-order chi connectivity index (χ1) is 17.7. The summed E-state index contributed by atoms with van der Waals surface area (Å²) in [6.07, 6.45) is 6.36. The van der Waals surface area contributed by atoms with Gasteiger partial charge in [-0.3, -0.25) is 14.4 Å². The van der Waals surface area contributed by atoms with Gasteiger partial charge >= 0.3 is 5.97 Å². The maximum absolute atomic E-state index is 14.4.